The molecule has 10 nitrogen and oxygen atoms in total. The van der Waals surface area contributed by atoms with Gasteiger partial charge in [-0.1, -0.05) is 24.3 Å². The number of methoxy groups -OCH3 is 1. The van der Waals surface area contributed by atoms with Gasteiger partial charge in [0.05, 0.1) is 18.4 Å². The molecule has 10 heteroatoms. The standard InChI is InChI=1S/C29H27N3O7/c1-29(2,28(36)30-19-10-13-23-24(14-19)39-17-38-23)32(15-18-8-11-20(37-3)12-9-18)25(33)16-31-22-7-5-4-6-21(22)26(34)27(31)35/h4-14H,15-17H2,1-3H3,(H,30,36). The molecule has 1 N–H and O–H groups in total. The first kappa shape index (κ1) is 25.8. The zero-order chi connectivity index (χ0) is 27.7. The lowest BCUT2D eigenvalue weighted by Crippen LogP contribution is -2.57. The normalized spacial score (nSPS) is 13.8. The van der Waals surface area contributed by atoms with Gasteiger partial charge < -0.3 is 24.4 Å². The molecular weight excluding hydrogens is 502 g/mol. The van der Waals surface area contributed by atoms with E-state index in [1.165, 1.54) is 4.90 Å². The summed E-state index contributed by atoms with van der Waals surface area (Å²) in [5.41, 5.74) is 0.477. The summed E-state index contributed by atoms with van der Waals surface area (Å²) in [6.07, 6.45) is 0. The van der Waals surface area contributed by atoms with Gasteiger partial charge >= 0.3 is 0 Å². The number of hydrogen-bond donors (Lipinski definition) is 1. The molecule has 200 valence electrons. The molecule has 0 radical (unpaired) electrons. The summed E-state index contributed by atoms with van der Waals surface area (Å²) in [5, 5.41) is 2.85. The van der Waals surface area contributed by atoms with Crippen molar-refractivity contribution < 1.29 is 33.4 Å². The van der Waals surface area contributed by atoms with E-state index in [4.69, 9.17) is 14.2 Å². The van der Waals surface area contributed by atoms with Crippen LogP contribution in [0.15, 0.2) is 66.7 Å². The Hall–Kier alpha value is -4.86. The first-order valence-corrected chi connectivity index (χ1v) is 12.3. The highest BCUT2D eigenvalue weighted by atomic mass is 16.7. The molecule has 0 saturated carbocycles. The number of hydrogen-bond acceptors (Lipinski definition) is 7. The highest BCUT2D eigenvalue weighted by molar-refractivity contribution is 6.52. The Morgan fingerprint density at radius 3 is 2.46 bits per heavy atom. The van der Waals surface area contributed by atoms with Crippen LogP contribution in [0.2, 0.25) is 0 Å². The zero-order valence-electron chi connectivity index (χ0n) is 21.7. The van der Waals surface area contributed by atoms with Crippen molar-refractivity contribution in [2.24, 2.45) is 0 Å². The molecule has 2 aliphatic rings. The highest BCUT2D eigenvalue weighted by Gasteiger charge is 2.42. The predicted octanol–water partition coefficient (Wildman–Crippen LogP) is 3.40. The number of carbonyl (C=O) groups is 4. The van der Waals surface area contributed by atoms with E-state index in [-0.39, 0.29) is 18.9 Å². The summed E-state index contributed by atoms with van der Waals surface area (Å²) < 4.78 is 16.0. The van der Waals surface area contributed by atoms with Crippen LogP contribution in [0.4, 0.5) is 11.4 Å². The third-order valence-electron chi connectivity index (χ3n) is 6.83. The van der Waals surface area contributed by atoms with Crippen molar-refractivity contribution in [3.8, 4) is 17.2 Å². The number of nitrogens with zero attached hydrogens (tertiary/aromatic N) is 2. The van der Waals surface area contributed by atoms with Crippen LogP contribution in [-0.4, -0.2) is 54.4 Å². The lowest BCUT2D eigenvalue weighted by atomic mass is 9.99. The Morgan fingerprint density at radius 2 is 1.72 bits per heavy atom. The number of benzene rings is 3. The number of amides is 3. The topological polar surface area (TPSA) is 114 Å². The third kappa shape index (κ3) is 4.88. The van der Waals surface area contributed by atoms with Gasteiger partial charge in [-0.05, 0) is 55.8 Å². The van der Waals surface area contributed by atoms with E-state index in [1.807, 2.05) is 0 Å². The first-order valence-electron chi connectivity index (χ1n) is 12.3. The Morgan fingerprint density at radius 1 is 1.00 bits per heavy atom. The molecule has 5 rings (SSSR count). The summed E-state index contributed by atoms with van der Waals surface area (Å²) in [6.45, 7) is 3.02. The maximum absolute atomic E-state index is 13.8. The van der Waals surface area contributed by atoms with E-state index in [2.05, 4.69) is 5.32 Å². The molecule has 2 aliphatic heterocycles. The number of ether oxygens (including phenoxy) is 3. The van der Waals surface area contributed by atoms with Gasteiger partial charge in [0.2, 0.25) is 18.6 Å². The second kappa shape index (κ2) is 10.1. The number of para-hydroxylation sites is 1. The van der Waals surface area contributed by atoms with Crippen molar-refractivity contribution in [3.05, 3.63) is 77.9 Å². The second-order valence-electron chi connectivity index (χ2n) is 9.65. The minimum Gasteiger partial charge on any atom is -0.497 e. The van der Waals surface area contributed by atoms with E-state index in [1.54, 1.807) is 87.7 Å². The number of ketones is 1. The first-order chi connectivity index (χ1) is 18.7. The molecule has 0 unspecified atom stereocenters. The maximum Gasteiger partial charge on any atom is 0.299 e. The van der Waals surface area contributed by atoms with Crippen LogP contribution in [0.3, 0.4) is 0 Å². The van der Waals surface area contributed by atoms with E-state index >= 15 is 0 Å². The summed E-state index contributed by atoms with van der Waals surface area (Å²) in [6, 6.07) is 18.7. The Bertz CT molecular complexity index is 1470. The summed E-state index contributed by atoms with van der Waals surface area (Å²) >= 11 is 0. The number of anilines is 2. The number of carbonyl (C=O) groups excluding carboxylic acids is 4. The molecule has 0 spiro atoms. The van der Waals surface area contributed by atoms with Gasteiger partial charge in [-0.25, -0.2) is 0 Å². The number of fused-ring (bicyclic) bond motifs is 2. The molecule has 0 atom stereocenters. The fraction of sp³-hybridized carbons (Fsp3) is 0.241. The van der Waals surface area contributed by atoms with Gasteiger partial charge in [-0.15, -0.1) is 0 Å². The molecule has 3 amide bonds. The molecule has 0 aromatic heterocycles. The van der Waals surface area contributed by atoms with Gasteiger partial charge in [0, 0.05) is 18.3 Å². The maximum atomic E-state index is 13.8. The van der Waals surface area contributed by atoms with E-state index in [9.17, 15) is 19.2 Å². The van der Waals surface area contributed by atoms with Gasteiger partial charge in [0.25, 0.3) is 11.7 Å². The van der Waals surface area contributed by atoms with Gasteiger partial charge in [-0.2, -0.15) is 0 Å². The Kier molecular flexibility index (Phi) is 6.69. The van der Waals surface area contributed by atoms with Crippen molar-refractivity contribution in [1.82, 2.24) is 4.90 Å². The SMILES string of the molecule is COc1ccc(CN(C(=O)CN2C(=O)C(=O)c3ccccc32)C(C)(C)C(=O)Nc2ccc3c(c2)OCO3)cc1. The van der Waals surface area contributed by atoms with Gasteiger partial charge in [0.15, 0.2) is 11.5 Å². The molecule has 3 aromatic carbocycles. The molecule has 0 saturated heterocycles. The lowest BCUT2D eigenvalue weighted by molar-refractivity contribution is -0.143. The minimum atomic E-state index is -1.36. The molecular formula is C29H27N3O7. The van der Waals surface area contributed by atoms with Gasteiger partial charge in [-0.3, -0.25) is 24.1 Å². The van der Waals surface area contributed by atoms with Crippen molar-refractivity contribution in [1.29, 1.82) is 0 Å². The number of rotatable bonds is 8. The van der Waals surface area contributed by atoms with Crippen LogP contribution >= 0.6 is 0 Å². The molecule has 3 aromatic rings. The van der Waals surface area contributed by atoms with Crippen molar-refractivity contribution >= 4 is 34.9 Å². The smallest absolute Gasteiger partial charge is 0.299 e. The number of Topliss-reactive ketones (excluding diaryl/α,β-unsaturated/α-hetero) is 1. The van der Waals surface area contributed by atoms with E-state index in [0.717, 1.165) is 10.5 Å². The average molecular weight is 530 g/mol. The molecule has 39 heavy (non-hydrogen) atoms. The van der Waals surface area contributed by atoms with Crippen molar-refractivity contribution in [3.63, 3.8) is 0 Å². The molecule has 0 fully saturated rings. The summed E-state index contributed by atoms with van der Waals surface area (Å²) in [4.78, 5) is 55.2. The fourth-order valence-corrected chi connectivity index (χ4v) is 4.52. The molecule has 0 aliphatic carbocycles. The monoisotopic (exact) mass is 529 g/mol. The summed E-state index contributed by atoms with van der Waals surface area (Å²) in [7, 11) is 1.56. The van der Waals surface area contributed by atoms with Crippen LogP contribution in [0.5, 0.6) is 17.2 Å². The van der Waals surface area contributed by atoms with Crippen LogP contribution in [0.1, 0.15) is 29.8 Å². The molecule has 2 heterocycles. The van der Waals surface area contributed by atoms with Crippen LogP contribution in [-0.2, 0) is 20.9 Å². The largest absolute Gasteiger partial charge is 0.497 e. The Labute approximate surface area is 225 Å². The van der Waals surface area contributed by atoms with Crippen LogP contribution in [0, 0.1) is 0 Å². The summed E-state index contributed by atoms with van der Waals surface area (Å²) in [5.74, 6) is -0.672. The third-order valence-corrected chi connectivity index (χ3v) is 6.83. The minimum absolute atomic E-state index is 0.0714. The van der Waals surface area contributed by atoms with Crippen LogP contribution in [0.25, 0.3) is 0 Å². The van der Waals surface area contributed by atoms with Crippen molar-refractivity contribution in [2.75, 3.05) is 30.7 Å². The van der Waals surface area contributed by atoms with Gasteiger partial charge in [0.1, 0.15) is 17.8 Å². The second-order valence-corrected chi connectivity index (χ2v) is 9.65. The highest BCUT2D eigenvalue weighted by Crippen LogP contribution is 2.35. The zero-order valence-corrected chi connectivity index (χ0v) is 21.7. The molecule has 0 bridgehead atoms. The van der Waals surface area contributed by atoms with Crippen molar-refractivity contribution in [2.45, 2.75) is 25.9 Å². The average Bonchev–Trinajstić information content (AvgIpc) is 3.50. The fourth-order valence-electron chi connectivity index (χ4n) is 4.52. The van der Waals surface area contributed by atoms with E-state index in [0.29, 0.717) is 28.6 Å². The number of nitrogens with one attached hydrogen (secondary N) is 1. The quantitative estimate of drug-likeness (QED) is 0.445. The van der Waals surface area contributed by atoms with E-state index < -0.39 is 35.6 Å². The van der Waals surface area contributed by atoms with Crippen LogP contribution < -0.4 is 24.4 Å². The lowest BCUT2D eigenvalue weighted by Gasteiger charge is -2.38. The predicted molar refractivity (Wildman–Crippen MR) is 142 cm³/mol. The Balaban J connectivity index is 1.42.